The zero-order valence-corrected chi connectivity index (χ0v) is 18.2. The topological polar surface area (TPSA) is 64.2 Å². The third kappa shape index (κ3) is 3.62. The first-order chi connectivity index (χ1) is 12.7. The van der Waals surface area contributed by atoms with E-state index in [0.29, 0.717) is 27.6 Å². The first kappa shape index (κ1) is 21.4. The number of hydrogen-bond acceptors (Lipinski definition) is 3. The summed E-state index contributed by atoms with van der Waals surface area (Å²) in [7, 11) is -3.87. The summed E-state index contributed by atoms with van der Waals surface area (Å²) in [5, 5.41) is 31.4. The van der Waals surface area contributed by atoms with Gasteiger partial charge < -0.3 is 10.0 Å². The molecule has 5 heteroatoms. The summed E-state index contributed by atoms with van der Waals surface area (Å²) in [6.45, 7) is 13.3. The normalized spacial score (nSPS) is 11.9. The third-order valence-corrected chi connectivity index (χ3v) is 13.1. The molecule has 142 valence electrons. The molecule has 2 rings (SSSR count). The van der Waals surface area contributed by atoms with E-state index in [4.69, 9.17) is 0 Å². The van der Waals surface area contributed by atoms with Crippen LogP contribution in [0, 0.1) is 11.3 Å². The van der Waals surface area contributed by atoms with Crippen LogP contribution in [0.2, 0.25) is 16.6 Å². The molecule has 0 amide bonds. The van der Waals surface area contributed by atoms with Crippen LogP contribution in [0.1, 0.15) is 47.1 Å². The Labute approximate surface area is 164 Å². The lowest BCUT2D eigenvalue weighted by atomic mass is 9.78. The Kier molecular flexibility index (Phi) is 6.69. The lowest BCUT2D eigenvalue weighted by Gasteiger charge is -2.45. The van der Waals surface area contributed by atoms with Crippen molar-refractivity contribution in [3.8, 4) is 17.2 Å². The van der Waals surface area contributed by atoms with Gasteiger partial charge in [-0.15, -0.1) is 0 Å². The Morgan fingerprint density at radius 2 is 1.37 bits per heavy atom. The molecule has 27 heavy (non-hydrogen) atoms. The molecule has 0 saturated heterocycles. The Bertz CT molecular complexity index is 804. The number of benzene rings is 2. The summed E-state index contributed by atoms with van der Waals surface area (Å²) in [5.41, 5.74) is 4.02. The molecular weight excluding hydrogens is 349 g/mol. The predicted molar refractivity (Wildman–Crippen MR) is 117 cm³/mol. The summed E-state index contributed by atoms with van der Waals surface area (Å²) in [6.07, 6.45) is 0. The number of nitriles is 1. The highest BCUT2D eigenvalue weighted by molar-refractivity contribution is 6.98. The molecule has 0 heterocycles. The van der Waals surface area contributed by atoms with Gasteiger partial charge in [0.1, 0.15) is 0 Å². The van der Waals surface area contributed by atoms with Crippen molar-refractivity contribution in [2.24, 2.45) is 0 Å². The predicted octanol–water partition coefficient (Wildman–Crippen LogP) is 3.79. The third-order valence-electron chi connectivity index (χ3n) is 6.01. The van der Waals surface area contributed by atoms with Crippen molar-refractivity contribution in [3.05, 3.63) is 48.0 Å². The van der Waals surface area contributed by atoms with Crippen LogP contribution in [0.15, 0.2) is 42.5 Å². The molecule has 0 spiro atoms. The second-order valence-electron chi connectivity index (χ2n) is 8.20. The van der Waals surface area contributed by atoms with E-state index in [1.165, 1.54) is 0 Å². The highest BCUT2D eigenvalue weighted by Gasteiger charge is 2.48. The minimum Gasteiger partial charge on any atom is -0.423 e. The fourth-order valence-electron chi connectivity index (χ4n) is 5.14. The zero-order chi connectivity index (χ0) is 20.4. The van der Waals surface area contributed by atoms with Crippen molar-refractivity contribution in [1.82, 2.24) is 0 Å². The largest absolute Gasteiger partial charge is 0.488 e. The molecule has 0 aromatic heterocycles. The maximum Gasteiger partial charge on any atom is 0.488 e. The average molecular weight is 379 g/mol. The van der Waals surface area contributed by atoms with E-state index in [1.54, 1.807) is 6.07 Å². The van der Waals surface area contributed by atoms with Crippen LogP contribution >= 0.6 is 0 Å². The Morgan fingerprint density at radius 1 is 0.852 bits per heavy atom. The monoisotopic (exact) mass is 379 g/mol. The second-order valence-corrected chi connectivity index (χ2v) is 14.0. The van der Waals surface area contributed by atoms with E-state index >= 15 is 0 Å². The molecule has 3 nitrogen and oxygen atoms in total. The highest BCUT2D eigenvalue weighted by Crippen LogP contribution is 2.42. The SMILES string of the molecule is CC(C)[Si](c1c(B(O)O)ccc(-c2ccccc2)c1C#N)(C(C)C)C(C)C. The Hall–Kier alpha value is -1.87. The Balaban J connectivity index is 3.01. The van der Waals surface area contributed by atoms with Gasteiger partial charge in [-0.3, -0.25) is 0 Å². The van der Waals surface area contributed by atoms with Crippen LogP contribution in [0.4, 0.5) is 0 Å². The number of rotatable bonds is 6. The lowest BCUT2D eigenvalue weighted by Crippen LogP contribution is -2.64. The van der Waals surface area contributed by atoms with Crippen molar-refractivity contribution >= 4 is 25.8 Å². The van der Waals surface area contributed by atoms with E-state index in [1.807, 2.05) is 36.4 Å². The smallest absolute Gasteiger partial charge is 0.423 e. The molecule has 0 aliphatic heterocycles. The van der Waals surface area contributed by atoms with Gasteiger partial charge in [0.15, 0.2) is 0 Å². The van der Waals surface area contributed by atoms with E-state index in [-0.39, 0.29) is 0 Å². The van der Waals surface area contributed by atoms with E-state index in [2.05, 4.69) is 47.6 Å². The minimum atomic E-state index is -2.28. The number of nitrogens with zero attached hydrogens (tertiary/aromatic N) is 1. The molecule has 0 saturated carbocycles. The molecule has 0 unspecified atom stereocenters. The highest BCUT2D eigenvalue weighted by atomic mass is 28.3. The Morgan fingerprint density at radius 3 is 1.78 bits per heavy atom. The molecule has 2 aromatic carbocycles. The zero-order valence-electron chi connectivity index (χ0n) is 17.2. The molecule has 0 aliphatic carbocycles. The van der Waals surface area contributed by atoms with Crippen LogP contribution in [0.3, 0.4) is 0 Å². The molecule has 0 radical (unpaired) electrons. The summed E-state index contributed by atoms with van der Waals surface area (Å²) < 4.78 is 0. The van der Waals surface area contributed by atoms with Gasteiger partial charge in [-0.05, 0) is 38.4 Å². The molecule has 0 aliphatic rings. The molecular formula is C22H30BNO2Si. The van der Waals surface area contributed by atoms with Crippen molar-refractivity contribution in [3.63, 3.8) is 0 Å². The molecule has 0 fully saturated rings. The number of hydrogen-bond donors (Lipinski definition) is 2. The van der Waals surface area contributed by atoms with Crippen LogP contribution in [0.5, 0.6) is 0 Å². The van der Waals surface area contributed by atoms with Crippen LogP contribution in [-0.2, 0) is 0 Å². The van der Waals surface area contributed by atoms with Gasteiger partial charge in [0.05, 0.1) is 19.7 Å². The van der Waals surface area contributed by atoms with Gasteiger partial charge in [-0.2, -0.15) is 5.26 Å². The van der Waals surface area contributed by atoms with Crippen molar-refractivity contribution in [2.75, 3.05) is 0 Å². The van der Waals surface area contributed by atoms with E-state index in [0.717, 1.165) is 16.3 Å². The first-order valence-electron chi connectivity index (χ1n) is 9.68. The lowest BCUT2D eigenvalue weighted by molar-refractivity contribution is 0.426. The first-order valence-corrected chi connectivity index (χ1v) is 11.9. The van der Waals surface area contributed by atoms with Gasteiger partial charge in [-0.25, -0.2) is 0 Å². The van der Waals surface area contributed by atoms with Gasteiger partial charge in [0, 0.05) is 0 Å². The van der Waals surface area contributed by atoms with Crippen molar-refractivity contribution in [2.45, 2.75) is 58.2 Å². The summed E-state index contributed by atoms with van der Waals surface area (Å²) in [6, 6.07) is 16.0. The van der Waals surface area contributed by atoms with Gasteiger partial charge in [0.25, 0.3) is 0 Å². The average Bonchev–Trinajstić information content (AvgIpc) is 2.61. The minimum absolute atomic E-state index is 0.355. The second kappa shape index (κ2) is 8.43. The molecule has 2 aromatic rings. The van der Waals surface area contributed by atoms with Crippen LogP contribution in [0.25, 0.3) is 11.1 Å². The summed E-state index contributed by atoms with van der Waals surface area (Å²) >= 11 is 0. The maximum absolute atomic E-state index is 10.2. The summed E-state index contributed by atoms with van der Waals surface area (Å²) in [5.74, 6) is 0. The molecule has 0 atom stereocenters. The molecule has 0 bridgehead atoms. The van der Waals surface area contributed by atoms with Crippen LogP contribution < -0.4 is 10.6 Å². The fourth-order valence-corrected chi connectivity index (χ4v) is 12.2. The maximum atomic E-state index is 10.2. The quantitative estimate of drug-likeness (QED) is 0.751. The van der Waals surface area contributed by atoms with Crippen molar-refractivity contribution < 1.29 is 10.0 Å². The van der Waals surface area contributed by atoms with Crippen LogP contribution in [-0.4, -0.2) is 25.2 Å². The summed E-state index contributed by atoms with van der Waals surface area (Å²) in [4.78, 5) is 0. The van der Waals surface area contributed by atoms with Gasteiger partial charge in [-0.1, -0.05) is 84.0 Å². The molecule has 2 N–H and O–H groups in total. The van der Waals surface area contributed by atoms with E-state index < -0.39 is 15.2 Å². The van der Waals surface area contributed by atoms with Crippen molar-refractivity contribution in [1.29, 1.82) is 5.26 Å². The van der Waals surface area contributed by atoms with Gasteiger partial charge >= 0.3 is 7.12 Å². The fraction of sp³-hybridized carbons (Fsp3) is 0.409. The van der Waals surface area contributed by atoms with Gasteiger partial charge in [0.2, 0.25) is 0 Å². The standard InChI is InChI=1S/C22H30BNO2Si/c1-15(2)27(16(3)4,17(5)6)22-20(14-24)19(12-13-21(22)23(25)26)18-10-8-7-9-11-18/h7-13,15-17,25-26H,1-6H3. The van der Waals surface area contributed by atoms with E-state index in [9.17, 15) is 15.3 Å².